The third-order valence-electron chi connectivity index (χ3n) is 4.92. The SMILES string of the molecule is CNC(=O)c1n[nH]c(C(=O)N2CCN(C3CCN(C)CC3)CC2)n1. The number of piperidine rings is 1. The van der Waals surface area contributed by atoms with Crippen LogP contribution in [0.1, 0.15) is 34.1 Å². The first-order valence-corrected chi connectivity index (χ1v) is 8.45. The number of piperazine rings is 1. The first kappa shape index (κ1) is 16.8. The topological polar surface area (TPSA) is 97.5 Å². The molecule has 2 fully saturated rings. The molecule has 2 aliphatic rings. The maximum atomic E-state index is 12.5. The Morgan fingerprint density at radius 2 is 1.79 bits per heavy atom. The summed E-state index contributed by atoms with van der Waals surface area (Å²) in [4.78, 5) is 34.6. The predicted molar refractivity (Wildman–Crippen MR) is 87.8 cm³/mol. The molecular weight excluding hydrogens is 310 g/mol. The van der Waals surface area contributed by atoms with Gasteiger partial charge in [-0.15, -0.1) is 5.10 Å². The second kappa shape index (κ2) is 7.27. The van der Waals surface area contributed by atoms with Crippen LogP contribution in [0.5, 0.6) is 0 Å². The summed E-state index contributed by atoms with van der Waals surface area (Å²) in [6.45, 7) is 5.42. The molecule has 3 heterocycles. The van der Waals surface area contributed by atoms with Gasteiger partial charge in [-0.25, -0.2) is 0 Å². The highest BCUT2D eigenvalue weighted by Crippen LogP contribution is 2.17. The first-order chi connectivity index (χ1) is 11.6. The van der Waals surface area contributed by atoms with Gasteiger partial charge in [-0.05, 0) is 33.0 Å². The Morgan fingerprint density at radius 1 is 1.12 bits per heavy atom. The van der Waals surface area contributed by atoms with Crippen LogP contribution in [0.25, 0.3) is 0 Å². The number of aromatic amines is 1. The molecule has 0 saturated carbocycles. The monoisotopic (exact) mass is 335 g/mol. The van der Waals surface area contributed by atoms with Crippen molar-refractivity contribution in [2.75, 3.05) is 53.4 Å². The molecule has 1 aromatic heterocycles. The minimum atomic E-state index is -0.405. The Balaban J connectivity index is 1.53. The van der Waals surface area contributed by atoms with Crippen molar-refractivity contribution in [3.63, 3.8) is 0 Å². The van der Waals surface area contributed by atoms with E-state index in [-0.39, 0.29) is 17.6 Å². The lowest BCUT2D eigenvalue weighted by Crippen LogP contribution is -2.54. The first-order valence-electron chi connectivity index (χ1n) is 8.45. The fourth-order valence-electron chi connectivity index (χ4n) is 3.37. The van der Waals surface area contributed by atoms with Gasteiger partial charge in [0.05, 0.1) is 0 Å². The van der Waals surface area contributed by atoms with Gasteiger partial charge < -0.3 is 15.1 Å². The molecule has 0 radical (unpaired) electrons. The Morgan fingerprint density at radius 3 is 2.42 bits per heavy atom. The fraction of sp³-hybridized carbons (Fsp3) is 0.733. The number of carbonyl (C=O) groups is 2. The number of nitrogens with one attached hydrogen (secondary N) is 2. The largest absolute Gasteiger partial charge is 0.352 e. The summed E-state index contributed by atoms with van der Waals surface area (Å²) in [5.41, 5.74) is 0. The maximum Gasteiger partial charge on any atom is 0.291 e. The highest BCUT2D eigenvalue weighted by Gasteiger charge is 2.29. The second-order valence-electron chi connectivity index (χ2n) is 6.45. The predicted octanol–water partition coefficient (Wildman–Crippen LogP) is -0.984. The zero-order valence-electron chi connectivity index (χ0n) is 14.3. The van der Waals surface area contributed by atoms with Gasteiger partial charge in [0.25, 0.3) is 11.8 Å². The van der Waals surface area contributed by atoms with Crippen LogP contribution in [-0.4, -0.2) is 101 Å². The minimum Gasteiger partial charge on any atom is -0.352 e. The number of nitrogens with zero attached hydrogens (tertiary/aromatic N) is 5. The Labute approximate surface area is 141 Å². The molecule has 9 nitrogen and oxygen atoms in total. The van der Waals surface area contributed by atoms with Gasteiger partial charge in [0, 0.05) is 39.3 Å². The molecular formula is C15H25N7O2. The molecule has 0 aliphatic carbocycles. The van der Waals surface area contributed by atoms with Crippen molar-refractivity contribution in [1.29, 1.82) is 0 Å². The van der Waals surface area contributed by atoms with Gasteiger partial charge in [-0.2, -0.15) is 4.98 Å². The quantitative estimate of drug-likeness (QED) is 0.737. The van der Waals surface area contributed by atoms with Gasteiger partial charge in [0.1, 0.15) is 0 Å². The van der Waals surface area contributed by atoms with E-state index >= 15 is 0 Å². The number of H-pyrrole nitrogens is 1. The number of hydrogen-bond donors (Lipinski definition) is 2. The van der Waals surface area contributed by atoms with Crippen molar-refractivity contribution in [2.45, 2.75) is 18.9 Å². The van der Waals surface area contributed by atoms with E-state index in [9.17, 15) is 9.59 Å². The molecule has 2 saturated heterocycles. The summed E-state index contributed by atoms with van der Waals surface area (Å²) in [7, 11) is 3.67. The van der Waals surface area contributed by atoms with E-state index in [0.717, 1.165) is 26.2 Å². The second-order valence-corrected chi connectivity index (χ2v) is 6.45. The number of likely N-dealkylation sites (tertiary alicyclic amines) is 1. The van der Waals surface area contributed by atoms with Crippen LogP contribution < -0.4 is 5.32 Å². The molecule has 2 aliphatic heterocycles. The summed E-state index contributed by atoms with van der Waals surface area (Å²) < 4.78 is 0. The number of carbonyl (C=O) groups excluding carboxylic acids is 2. The van der Waals surface area contributed by atoms with Crippen molar-refractivity contribution >= 4 is 11.8 Å². The van der Waals surface area contributed by atoms with E-state index in [1.807, 2.05) is 0 Å². The fourth-order valence-corrected chi connectivity index (χ4v) is 3.37. The number of hydrogen-bond acceptors (Lipinski definition) is 6. The van der Waals surface area contributed by atoms with Crippen molar-refractivity contribution in [3.05, 3.63) is 11.6 Å². The van der Waals surface area contributed by atoms with Crippen LogP contribution in [-0.2, 0) is 0 Å². The lowest BCUT2D eigenvalue weighted by atomic mass is 10.0. The molecule has 2 amide bonds. The Bertz CT molecular complexity index is 586. The minimum absolute atomic E-state index is 0.00851. The molecule has 0 unspecified atom stereocenters. The summed E-state index contributed by atoms with van der Waals surface area (Å²) in [5, 5.41) is 8.79. The van der Waals surface area contributed by atoms with E-state index in [4.69, 9.17) is 0 Å². The molecule has 0 aromatic carbocycles. The van der Waals surface area contributed by atoms with Crippen LogP contribution in [0.4, 0.5) is 0 Å². The highest BCUT2D eigenvalue weighted by molar-refractivity contribution is 5.94. The van der Waals surface area contributed by atoms with Crippen molar-refractivity contribution in [3.8, 4) is 0 Å². The van der Waals surface area contributed by atoms with Crippen molar-refractivity contribution in [1.82, 2.24) is 35.2 Å². The third kappa shape index (κ3) is 3.57. The summed E-state index contributed by atoms with van der Waals surface area (Å²) in [6.07, 6.45) is 2.39. The standard InChI is InChI=1S/C15H25N7O2/c1-16-14(23)12-17-13(19-18-12)15(24)22-9-7-21(8-10-22)11-3-5-20(2)6-4-11/h11H,3-10H2,1-2H3,(H,16,23)(H,17,18,19). The third-order valence-corrected chi connectivity index (χ3v) is 4.92. The number of amides is 2. The summed E-state index contributed by atoms with van der Waals surface area (Å²) >= 11 is 0. The van der Waals surface area contributed by atoms with E-state index < -0.39 is 5.91 Å². The summed E-state index contributed by atoms with van der Waals surface area (Å²) in [6, 6.07) is 0.628. The molecule has 1 aromatic rings. The zero-order valence-corrected chi connectivity index (χ0v) is 14.3. The van der Waals surface area contributed by atoms with Gasteiger partial charge >= 0.3 is 0 Å². The Hall–Kier alpha value is -2.00. The Kier molecular flexibility index (Phi) is 5.10. The molecule has 9 heteroatoms. The van der Waals surface area contributed by atoms with Gasteiger partial charge in [0.2, 0.25) is 11.6 Å². The number of rotatable bonds is 3. The average molecular weight is 335 g/mol. The lowest BCUT2D eigenvalue weighted by Gasteiger charge is -2.42. The smallest absolute Gasteiger partial charge is 0.291 e. The van der Waals surface area contributed by atoms with Crippen molar-refractivity contribution in [2.24, 2.45) is 0 Å². The molecule has 2 N–H and O–H groups in total. The van der Waals surface area contributed by atoms with Crippen molar-refractivity contribution < 1.29 is 9.59 Å². The lowest BCUT2D eigenvalue weighted by molar-refractivity contribution is 0.0466. The van der Waals surface area contributed by atoms with E-state index in [2.05, 4.69) is 37.3 Å². The highest BCUT2D eigenvalue weighted by atomic mass is 16.2. The molecule has 0 atom stereocenters. The molecule has 3 rings (SSSR count). The van der Waals surface area contributed by atoms with Crippen LogP contribution in [0.15, 0.2) is 0 Å². The van der Waals surface area contributed by atoms with Crippen LogP contribution in [0, 0.1) is 0 Å². The van der Waals surface area contributed by atoms with Crippen LogP contribution in [0.2, 0.25) is 0 Å². The van der Waals surface area contributed by atoms with Gasteiger partial charge in [-0.3, -0.25) is 19.6 Å². The molecule has 0 bridgehead atoms. The number of aromatic nitrogens is 3. The van der Waals surface area contributed by atoms with Crippen LogP contribution in [0.3, 0.4) is 0 Å². The summed E-state index contributed by atoms with van der Waals surface area (Å²) in [5.74, 6) is -0.481. The van der Waals surface area contributed by atoms with E-state index in [1.54, 1.807) is 4.90 Å². The maximum absolute atomic E-state index is 12.5. The van der Waals surface area contributed by atoms with Gasteiger partial charge in [0.15, 0.2) is 0 Å². The molecule has 132 valence electrons. The van der Waals surface area contributed by atoms with Gasteiger partial charge in [-0.1, -0.05) is 0 Å². The molecule has 24 heavy (non-hydrogen) atoms. The van der Waals surface area contributed by atoms with Crippen LogP contribution >= 0.6 is 0 Å². The van der Waals surface area contributed by atoms with E-state index in [1.165, 1.54) is 19.9 Å². The van der Waals surface area contributed by atoms with E-state index in [0.29, 0.717) is 19.1 Å². The zero-order chi connectivity index (χ0) is 17.1. The molecule has 0 spiro atoms. The normalized spacial score (nSPS) is 21.0. The average Bonchev–Trinajstić information content (AvgIpc) is 3.11.